The number of hydrogen-bond acceptors (Lipinski definition) is 3. The van der Waals surface area contributed by atoms with Gasteiger partial charge in [0.2, 0.25) is 0 Å². The Morgan fingerprint density at radius 2 is 2.16 bits per heavy atom. The number of carbonyl (C=O) groups is 1. The third-order valence-electron chi connectivity index (χ3n) is 2.70. The van der Waals surface area contributed by atoms with Gasteiger partial charge in [-0.15, -0.1) is 0 Å². The molecule has 0 aliphatic rings. The van der Waals surface area contributed by atoms with Crippen molar-refractivity contribution in [2.75, 3.05) is 13.6 Å². The Morgan fingerprint density at radius 1 is 1.53 bits per heavy atom. The molecule has 0 aromatic heterocycles. The van der Waals surface area contributed by atoms with Crippen LogP contribution in [0, 0.1) is 5.92 Å². The minimum absolute atomic E-state index is 0.0665. The molecule has 5 nitrogen and oxygen atoms in total. The lowest BCUT2D eigenvalue weighted by molar-refractivity contribution is 0.0786. The van der Waals surface area contributed by atoms with Crippen LogP contribution in [0.5, 0.6) is 0 Å². The predicted octanol–water partition coefficient (Wildman–Crippen LogP) is 2.45. The van der Waals surface area contributed by atoms with Crippen LogP contribution in [0.1, 0.15) is 17.3 Å². The largest absolute Gasteiger partial charge is 0.409 e. The van der Waals surface area contributed by atoms with E-state index in [4.69, 9.17) is 34.1 Å². The molecule has 7 heteroatoms. The Balaban J connectivity index is 2.86. The average molecular weight is 304 g/mol. The summed E-state index contributed by atoms with van der Waals surface area (Å²) in [5.41, 5.74) is 5.80. The van der Waals surface area contributed by atoms with E-state index in [1.165, 1.54) is 4.90 Å². The summed E-state index contributed by atoms with van der Waals surface area (Å²) in [5, 5.41) is 12.0. The van der Waals surface area contributed by atoms with Gasteiger partial charge in [-0.3, -0.25) is 4.79 Å². The Bertz CT molecular complexity index is 506. The second-order valence-electron chi connectivity index (χ2n) is 4.21. The monoisotopic (exact) mass is 303 g/mol. The fourth-order valence-corrected chi connectivity index (χ4v) is 1.94. The number of halogens is 2. The highest BCUT2D eigenvalue weighted by Gasteiger charge is 2.19. The Morgan fingerprint density at radius 3 is 2.74 bits per heavy atom. The first kappa shape index (κ1) is 15.6. The number of nitrogens with two attached hydrogens (primary N) is 1. The third-order valence-corrected chi connectivity index (χ3v) is 3.52. The molecule has 104 valence electrons. The van der Waals surface area contributed by atoms with Crippen LogP contribution in [-0.2, 0) is 0 Å². The van der Waals surface area contributed by atoms with Crippen molar-refractivity contribution in [2.24, 2.45) is 16.8 Å². The molecule has 19 heavy (non-hydrogen) atoms. The SMILES string of the molecule is CC(CN(C)C(=O)c1cccc(Cl)c1Cl)C(N)=NO. The van der Waals surface area contributed by atoms with Gasteiger partial charge in [-0.25, -0.2) is 0 Å². The molecular formula is C12H15Cl2N3O2. The van der Waals surface area contributed by atoms with Gasteiger partial charge >= 0.3 is 0 Å². The van der Waals surface area contributed by atoms with Crippen LogP contribution in [0.4, 0.5) is 0 Å². The highest BCUT2D eigenvalue weighted by molar-refractivity contribution is 6.43. The van der Waals surface area contributed by atoms with Crippen molar-refractivity contribution < 1.29 is 10.0 Å². The van der Waals surface area contributed by atoms with E-state index in [0.717, 1.165) is 0 Å². The van der Waals surface area contributed by atoms with E-state index in [0.29, 0.717) is 17.1 Å². The maximum absolute atomic E-state index is 12.2. The number of amidine groups is 1. The van der Waals surface area contributed by atoms with E-state index in [2.05, 4.69) is 5.16 Å². The maximum atomic E-state index is 12.2. The summed E-state index contributed by atoms with van der Waals surface area (Å²) in [5.74, 6) is -0.473. The molecule has 1 rings (SSSR count). The molecule has 1 amide bonds. The van der Waals surface area contributed by atoms with E-state index in [-0.39, 0.29) is 22.7 Å². The molecule has 0 saturated carbocycles. The zero-order valence-corrected chi connectivity index (χ0v) is 12.1. The second kappa shape index (κ2) is 6.63. The average Bonchev–Trinajstić information content (AvgIpc) is 2.39. The van der Waals surface area contributed by atoms with Gasteiger partial charge in [0.05, 0.1) is 15.6 Å². The number of hydrogen-bond donors (Lipinski definition) is 2. The minimum atomic E-state index is -0.273. The van der Waals surface area contributed by atoms with Gasteiger partial charge in [-0.05, 0) is 12.1 Å². The van der Waals surface area contributed by atoms with Crippen LogP contribution in [0.3, 0.4) is 0 Å². The van der Waals surface area contributed by atoms with E-state index in [1.54, 1.807) is 32.2 Å². The number of oxime groups is 1. The van der Waals surface area contributed by atoms with Crippen molar-refractivity contribution in [1.82, 2.24) is 4.90 Å². The smallest absolute Gasteiger partial charge is 0.255 e. The molecule has 0 radical (unpaired) electrons. The van der Waals surface area contributed by atoms with E-state index in [1.807, 2.05) is 0 Å². The molecule has 0 spiro atoms. The fourth-order valence-electron chi connectivity index (χ4n) is 1.56. The van der Waals surface area contributed by atoms with Gasteiger partial charge < -0.3 is 15.8 Å². The number of carbonyl (C=O) groups excluding carboxylic acids is 1. The van der Waals surface area contributed by atoms with Gasteiger partial charge in [0, 0.05) is 19.5 Å². The number of benzene rings is 1. The summed E-state index contributed by atoms with van der Waals surface area (Å²) in [6.07, 6.45) is 0. The van der Waals surface area contributed by atoms with Crippen LogP contribution in [0.25, 0.3) is 0 Å². The van der Waals surface area contributed by atoms with Gasteiger partial charge in [-0.1, -0.05) is 41.3 Å². The summed E-state index contributed by atoms with van der Waals surface area (Å²) in [6.45, 7) is 2.05. The topological polar surface area (TPSA) is 78.9 Å². The molecule has 3 N–H and O–H groups in total. The Kier molecular flexibility index (Phi) is 5.44. The van der Waals surface area contributed by atoms with Gasteiger partial charge in [0.1, 0.15) is 5.84 Å². The van der Waals surface area contributed by atoms with Gasteiger partial charge in [0.25, 0.3) is 5.91 Å². The minimum Gasteiger partial charge on any atom is -0.409 e. The van der Waals surface area contributed by atoms with Crippen molar-refractivity contribution >= 4 is 34.9 Å². The molecule has 0 fully saturated rings. The van der Waals surface area contributed by atoms with Crippen LogP contribution < -0.4 is 5.73 Å². The first-order chi connectivity index (χ1) is 8.88. The molecule has 0 saturated heterocycles. The number of rotatable bonds is 4. The second-order valence-corrected chi connectivity index (χ2v) is 5.00. The van der Waals surface area contributed by atoms with E-state index >= 15 is 0 Å². The lowest BCUT2D eigenvalue weighted by Gasteiger charge is -2.21. The van der Waals surface area contributed by atoms with Gasteiger partial charge in [0.15, 0.2) is 0 Å². The molecule has 0 aliphatic carbocycles. The number of amides is 1. The normalized spacial score (nSPS) is 13.2. The van der Waals surface area contributed by atoms with Crippen molar-refractivity contribution in [1.29, 1.82) is 0 Å². The zero-order chi connectivity index (χ0) is 14.6. The molecule has 1 aromatic rings. The lowest BCUT2D eigenvalue weighted by atomic mass is 10.1. The molecule has 1 atom stereocenters. The van der Waals surface area contributed by atoms with Gasteiger partial charge in [-0.2, -0.15) is 0 Å². The Hall–Kier alpha value is -1.46. The summed E-state index contributed by atoms with van der Waals surface area (Å²) in [7, 11) is 1.61. The third kappa shape index (κ3) is 3.75. The molecule has 1 aromatic carbocycles. The summed E-state index contributed by atoms with van der Waals surface area (Å²) in [4.78, 5) is 13.6. The quantitative estimate of drug-likeness (QED) is 0.388. The molecule has 0 bridgehead atoms. The van der Waals surface area contributed by atoms with Crippen molar-refractivity contribution in [2.45, 2.75) is 6.92 Å². The summed E-state index contributed by atoms with van der Waals surface area (Å²) >= 11 is 11.9. The highest BCUT2D eigenvalue weighted by Crippen LogP contribution is 2.26. The van der Waals surface area contributed by atoms with Crippen molar-refractivity contribution in [3.63, 3.8) is 0 Å². The van der Waals surface area contributed by atoms with Crippen molar-refractivity contribution in [3.05, 3.63) is 33.8 Å². The standard InChI is InChI=1S/C12H15Cl2N3O2/c1-7(11(15)16-19)6-17(2)12(18)8-4-3-5-9(13)10(8)14/h3-5,7,19H,6H2,1-2H3,(H2,15,16). The highest BCUT2D eigenvalue weighted by atomic mass is 35.5. The van der Waals surface area contributed by atoms with Crippen LogP contribution in [0.2, 0.25) is 10.0 Å². The predicted molar refractivity (Wildman–Crippen MR) is 76.0 cm³/mol. The maximum Gasteiger partial charge on any atom is 0.255 e. The lowest BCUT2D eigenvalue weighted by Crippen LogP contribution is -2.36. The van der Waals surface area contributed by atoms with Crippen LogP contribution in [-0.4, -0.2) is 35.4 Å². The first-order valence-corrected chi connectivity index (χ1v) is 6.31. The van der Waals surface area contributed by atoms with E-state index in [9.17, 15) is 4.79 Å². The fraction of sp³-hybridized carbons (Fsp3) is 0.333. The van der Waals surface area contributed by atoms with Crippen LogP contribution >= 0.6 is 23.2 Å². The summed E-state index contributed by atoms with van der Waals surface area (Å²) < 4.78 is 0. The first-order valence-electron chi connectivity index (χ1n) is 5.55. The van der Waals surface area contributed by atoms with E-state index < -0.39 is 0 Å². The van der Waals surface area contributed by atoms with Crippen LogP contribution in [0.15, 0.2) is 23.4 Å². The summed E-state index contributed by atoms with van der Waals surface area (Å²) in [6, 6.07) is 4.86. The molecule has 0 heterocycles. The Labute approximate surface area is 121 Å². The molecule has 1 unspecified atom stereocenters. The zero-order valence-electron chi connectivity index (χ0n) is 10.6. The number of nitrogens with zero attached hydrogens (tertiary/aromatic N) is 2. The molecule has 0 aliphatic heterocycles. The molecular weight excluding hydrogens is 289 g/mol. The van der Waals surface area contributed by atoms with Crippen molar-refractivity contribution in [3.8, 4) is 0 Å².